The van der Waals surface area contributed by atoms with E-state index in [0.717, 1.165) is 63.1 Å². The zero-order valence-electron chi connectivity index (χ0n) is 18.6. The molecule has 1 unspecified atom stereocenters. The molecule has 8 nitrogen and oxygen atoms in total. The Hall–Kier alpha value is -2.87. The van der Waals surface area contributed by atoms with Crippen LogP contribution in [0.2, 0.25) is 0 Å². The van der Waals surface area contributed by atoms with E-state index in [4.69, 9.17) is 10.8 Å². The first-order chi connectivity index (χ1) is 15.0. The van der Waals surface area contributed by atoms with E-state index in [1.807, 2.05) is 29.3 Å². The number of carbonyl (C=O) groups is 1. The van der Waals surface area contributed by atoms with Crippen LogP contribution in [0.1, 0.15) is 38.7 Å². The Morgan fingerprint density at radius 2 is 1.90 bits per heavy atom. The van der Waals surface area contributed by atoms with Gasteiger partial charge in [0.2, 0.25) is 0 Å². The topological polar surface area (TPSA) is 111 Å². The summed E-state index contributed by atoms with van der Waals surface area (Å²) < 4.78 is 0. The van der Waals surface area contributed by atoms with Gasteiger partial charge < -0.3 is 25.4 Å². The zero-order chi connectivity index (χ0) is 22.2. The molecule has 8 heteroatoms. The van der Waals surface area contributed by atoms with Gasteiger partial charge in [0.15, 0.2) is 11.8 Å². The van der Waals surface area contributed by atoms with Gasteiger partial charge >= 0.3 is 0 Å². The third-order valence-electron chi connectivity index (χ3n) is 5.99. The summed E-state index contributed by atoms with van der Waals surface area (Å²) in [5.74, 6) is -0.612. The number of rotatable bonds is 7. The van der Waals surface area contributed by atoms with Crippen LogP contribution < -0.4 is 10.6 Å². The van der Waals surface area contributed by atoms with Gasteiger partial charge in [-0.3, -0.25) is 15.6 Å². The number of unbranched alkanes of at least 4 members (excludes halogenated alkanes) is 1. The number of aromatic nitrogens is 1. The monoisotopic (exact) mass is 425 g/mol. The second-order valence-electron chi connectivity index (χ2n) is 8.15. The summed E-state index contributed by atoms with van der Waals surface area (Å²) in [6, 6.07) is 8.09. The first-order valence-electron chi connectivity index (χ1n) is 11.3. The number of nitrogens with zero attached hydrogens (tertiary/aromatic N) is 2. The molecule has 1 fully saturated rings. The Balaban J connectivity index is 1.57. The number of amidine groups is 1. The van der Waals surface area contributed by atoms with Crippen LogP contribution in [0.5, 0.6) is 0 Å². The van der Waals surface area contributed by atoms with Crippen LogP contribution in [0.25, 0.3) is 10.9 Å². The molecule has 1 aliphatic rings. The fourth-order valence-electron chi connectivity index (χ4n) is 4.04. The predicted octanol–water partition coefficient (Wildman–Crippen LogP) is 2.52. The van der Waals surface area contributed by atoms with Crippen molar-refractivity contribution in [1.29, 1.82) is 10.8 Å². The Morgan fingerprint density at radius 3 is 2.61 bits per heavy atom. The molecular formula is C23H35N7O. The average Bonchev–Trinajstić information content (AvgIpc) is 3.20. The summed E-state index contributed by atoms with van der Waals surface area (Å²) in [6.45, 7) is 8.51. The van der Waals surface area contributed by atoms with E-state index in [2.05, 4.69) is 40.4 Å². The minimum absolute atomic E-state index is 0.0592. The molecule has 168 valence electrons. The van der Waals surface area contributed by atoms with Gasteiger partial charge in [-0.2, -0.15) is 0 Å². The van der Waals surface area contributed by atoms with Crippen molar-refractivity contribution in [2.75, 3.05) is 32.7 Å². The van der Waals surface area contributed by atoms with Crippen molar-refractivity contribution in [3.8, 4) is 0 Å². The molecular weight excluding hydrogens is 390 g/mol. The Labute approximate surface area is 184 Å². The van der Waals surface area contributed by atoms with Gasteiger partial charge in [-0.15, -0.1) is 0 Å². The molecule has 1 atom stereocenters. The Morgan fingerprint density at radius 1 is 1.16 bits per heavy atom. The van der Waals surface area contributed by atoms with E-state index in [-0.39, 0.29) is 17.8 Å². The highest BCUT2D eigenvalue weighted by Crippen LogP contribution is 2.20. The van der Waals surface area contributed by atoms with Crippen molar-refractivity contribution < 1.29 is 4.79 Å². The standard InChI is InChI=1S/C23H35N7O/c1-3-5-8-18(15-17-16-26-20-10-7-6-9-19(17)20)27-22(31)21(24)28-23(25)30-13-11-29(4-2)12-14-30/h6-7,9-10,16,18,26H,3-5,8,11-15H2,1-2H3,(H,27,31)(H3,24,25,28). The number of hydrogen-bond acceptors (Lipinski definition) is 4. The van der Waals surface area contributed by atoms with Crippen molar-refractivity contribution in [3.63, 3.8) is 0 Å². The second kappa shape index (κ2) is 10.9. The Kier molecular flexibility index (Phi) is 8.06. The van der Waals surface area contributed by atoms with Crippen LogP contribution >= 0.6 is 0 Å². The fourth-order valence-corrected chi connectivity index (χ4v) is 4.04. The summed E-state index contributed by atoms with van der Waals surface area (Å²) >= 11 is 0. The number of benzene rings is 1. The van der Waals surface area contributed by atoms with Gasteiger partial charge in [0.05, 0.1) is 0 Å². The maximum absolute atomic E-state index is 12.7. The average molecular weight is 426 g/mol. The summed E-state index contributed by atoms with van der Waals surface area (Å²) in [7, 11) is 0. The number of carbonyl (C=O) groups excluding carboxylic acids is 1. The summed E-state index contributed by atoms with van der Waals surface area (Å²) in [5.41, 5.74) is 2.25. The van der Waals surface area contributed by atoms with Crippen LogP contribution in [-0.4, -0.2) is 71.3 Å². The van der Waals surface area contributed by atoms with E-state index >= 15 is 0 Å². The number of fused-ring (bicyclic) bond motifs is 1. The zero-order valence-corrected chi connectivity index (χ0v) is 18.6. The van der Waals surface area contributed by atoms with Gasteiger partial charge in [0, 0.05) is 49.3 Å². The third-order valence-corrected chi connectivity index (χ3v) is 5.99. The maximum Gasteiger partial charge on any atom is 0.286 e. The molecule has 1 aromatic heterocycles. The number of nitrogens with one attached hydrogen (secondary N) is 5. The highest BCUT2D eigenvalue weighted by atomic mass is 16.2. The van der Waals surface area contributed by atoms with Crippen molar-refractivity contribution >= 4 is 28.6 Å². The second-order valence-corrected chi connectivity index (χ2v) is 8.15. The highest BCUT2D eigenvalue weighted by Gasteiger charge is 2.22. The largest absolute Gasteiger partial charge is 0.361 e. The van der Waals surface area contributed by atoms with E-state index < -0.39 is 5.91 Å². The SMILES string of the molecule is CCCCC(Cc1c[nH]c2ccccc12)NC(=O)C(=N)NC(=N)N1CCN(CC)CC1. The van der Waals surface area contributed by atoms with Crippen LogP contribution in [-0.2, 0) is 11.2 Å². The lowest BCUT2D eigenvalue weighted by Crippen LogP contribution is -2.55. The van der Waals surface area contributed by atoms with E-state index in [0.29, 0.717) is 6.42 Å². The molecule has 2 heterocycles. The lowest BCUT2D eigenvalue weighted by Gasteiger charge is -2.35. The predicted molar refractivity (Wildman–Crippen MR) is 126 cm³/mol. The van der Waals surface area contributed by atoms with Crippen LogP contribution in [0.4, 0.5) is 0 Å². The smallest absolute Gasteiger partial charge is 0.286 e. The van der Waals surface area contributed by atoms with Crippen LogP contribution in [0.15, 0.2) is 30.5 Å². The number of guanidine groups is 1. The summed E-state index contributed by atoms with van der Waals surface area (Å²) in [6.07, 6.45) is 5.62. The number of para-hydroxylation sites is 1. The molecule has 0 saturated carbocycles. The van der Waals surface area contributed by atoms with Crippen molar-refractivity contribution in [2.24, 2.45) is 0 Å². The molecule has 0 aliphatic carbocycles. The molecule has 1 aromatic carbocycles. The number of piperazine rings is 1. The summed E-state index contributed by atoms with van der Waals surface area (Å²) in [4.78, 5) is 20.2. The van der Waals surface area contributed by atoms with Crippen molar-refractivity contribution in [1.82, 2.24) is 25.4 Å². The lowest BCUT2D eigenvalue weighted by atomic mass is 10.0. The van der Waals surface area contributed by atoms with Gasteiger partial charge in [-0.05, 0) is 31.0 Å². The van der Waals surface area contributed by atoms with Crippen LogP contribution in [0.3, 0.4) is 0 Å². The van der Waals surface area contributed by atoms with E-state index in [9.17, 15) is 4.79 Å². The molecule has 3 rings (SSSR count). The summed E-state index contributed by atoms with van der Waals surface area (Å²) in [5, 5.41) is 23.3. The lowest BCUT2D eigenvalue weighted by molar-refractivity contribution is -0.115. The normalized spacial score (nSPS) is 15.6. The van der Waals surface area contributed by atoms with Gasteiger partial charge in [-0.1, -0.05) is 44.9 Å². The number of amides is 1. The third kappa shape index (κ3) is 6.07. The number of H-pyrrole nitrogens is 1. The molecule has 0 spiro atoms. The maximum atomic E-state index is 12.7. The van der Waals surface area contributed by atoms with Gasteiger partial charge in [0.1, 0.15) is 0 Å². The number of hydrogen-bond donors (Lipinski definition) is 5. The van der Waals surface area contributed by atoms with Crippen molar-refractivity contribution in [3.05, 3.63) is 36.0 Å². The molecule has 0 bridgehead atoms. The molecule has 5 N–H and O–H groups in total. The van der Waals surface area contributed by atoms with Gasteiger partial charge in [-0.25, -0.2) is 0 Å². The van der Waals surface area contributed by atoms with Crippen LogP contribution in [0, 0.1) is 10.8 Å². The minimum atomic E-state index is -0.460. The molecule has 0 radical (unpaired) electrons. The first-order valence-corrected chi connectivity index (χ1v) is 11.3. The quantitative estimate of drug-likeness (QED) is 0.347. The van der Waals surface area contributed by atoms with Gasteiger partial charge in [0.25, 0.3) is 5.91 Å². The number of aromatic amines is 1. The molecule has 1 amide bonds. The number of likely N-dealkylation sites (N-methyl/N-ethyl adjacent to an activating group) is 1. The Bertz CT molecular complexity index is 898. The molecule has 31 heavy (non-hydrogen) atoms. The van der Waals surface area contributed by atoms with E-state index in [1.54, 1.807) is 0 Å². The van der Waals surface area contributed by atoms with Crippen molar-refractivity contribution in [2.45, 2.75) is 45.6 Å². The first kappa shape index (κ1) is 22.8. The molecule has 1 aliphatic heterocycles. The highest BCUT2D eigenvalue weighted by molar-refractivity contribution is 6.39. The molecule has 2 aromatic rings. The fraction of sp³-hybridized carbons (Fsp3) is 0.522. The van der Waals surface area contributed by atoms with E-state index in [1.165, 1.54) is 5.39 Å². The minimum Gasteiger partial charge on any atom is -0.361 e. The molecule has 1 saturated heterocycles.